The molecular formula is C76H108O4P2. The molecule has 0 aliphatic heterocycles. The summed E-state index contributed by atoms with van der Waals surface area (Å²) >= 11 is 0. The zero-order chi connectivity index (χ0) is 61.7. The van der Waals surface area contributed by atoms with Gasteiger partial charge in [-0.15, -0.1) is 0 Å². The summed E-state index contributed by atoms with van der Waals surface area (Å²) in [4.78, 5) is 0. The first kappa shape index (κ1) is 66.5. The predicted octanol–water partition coefficient (Wildman–Crippen LogP) is 22.2. The van der Waals surface area contributed by atoms with Gasteiger partial charge in [-0.2, -0.15) is 0 Å². The number of aryl methyl sites for hydroxylation is 4. The van der Waals surface area contributed by atoms with E-state index < -0.39 is 16.8 Å². The lowest BCUT2D eigenvalue weighted by atomic mass is 9.78. The van der Waals surface area contributed by atoms with Crippen LogP contribution in [0.4, 0.5) is 0 Å². The molecule has 446 valence electrons. The SMILES string of the molecule is CCc1cc(C(C)(C)C)c(OP(Oc2c(C(C)(C)C)cc(CC)cc2C(C)(C)C)c2ccc(-c3ccc(P(Oc4c(C(C)(C)C)cc(CC)cc4C(C)(C)C)Oc4c(C(C)(C)C)cc(CC)cc4C(C)(C)C)cc3)cc2)c(C(C)(C)C)c1. The van der Waals surface area contributed by atoms with E-state index in [2.05, 4.69) is 291 Å². The van der Waals surface area contributed by atoms with Crippen LogP contribution >= 0.6 is 16.8 Å². The summed E-state index contributed by atoms with van der Waals surface area (Å²) in [7, 11) is -3.43. The van der Waals surface area contributed by atoms with Crippen molar-refractivity contribution in [2.75, 3.05) is 0 Å². The Morgan fingerprint density at radius 2 is 0.390 bits per heavy atom. The lowest BCUT2D eigenvalue weighted by Gasteiger charge is -2.34. The van der Waals surface area contributed by atoms with Gasteiger partial charge in [0.05, 0.1) is 10.6 Å². The maximum atomic E-state index is 7.66. The molecule has 6 heteroatoms. The van der Waals surface area contributed by atoms with E-state index in [1.165, 1.54) is 66.8 Å². The van der Waals surface area contributed by atoms with Crippen LogP contribution < -0.4 is 28.7 Å². The van der Waals surface area contributed by atoms with Crippen molar-refractivity contribution in [1.82, 2.24) is 0 Å². The number of rotatable bonds is 15. The van der Waals surface area contributed by atoms with Gasteiger partial charge in [0, 0.05) is 44.5 Å². The number of benzene rings is 6. The fourth-order valence-electron chi connectivity index (χ4n) is 10.6. The molecule has 6 aromatic carbocycles. The number of hydrogen-bond donors (Lipinski definition) is 0. The van der Waals surface area contributed by atoms with Gasteiger partial charge in [0.1, 0.15) is 23.0 Å². The van der Waals surface area contributed by atoms with Gasteiger partial charge in [-0.25, -0.2) is 0 Å². The molecule has 82 heavy (non-hydrogen) atoms. The van der Waals surface area contributed by atoms with Crippen molar-refractivity contribution in [3.63, 3.8) is 0 Å². The van der Waals surface area contributed by atoms with Crippen molar-refractivity contribution in [3.05, 3.63) is 164 Å². The normalized spacial score (nSPS) is 13.3. The molecule has 0 fully saturated rings. The molecule has 0 bridgehead atoms. The molecule has 0 aliphatic carbocycles. The summed E-state index contributed by atoms with van der Waals surface area (Å²) < 4.78 is 30.6. The van der Waals surface area contributed by atoms with Crippen molar-refractivity contribution >= 4 is 27.4 Å². The first-order valence-electron chi connectivity index (χ1n) is 30.7. The zero-order valence-electron chi connectivity index (χ0n) is 56.6. The van der Waals surface area contributed by atoms with E-state index in [1.807, 2.05) is 0 Å². The summed E-state index contributed by atoms with van der Waals surface area (Å²) in [5, 5.41) is 2.02. The van der Waals surface area contributed by atoms with Crippen LogP contribution in [0.15, 0.2) is 97.1 Å². The number of hydrogen-bond acceptors (Lipinski definition) is 4. The minimum absolute atomic E-state index is 0.184. The monoisotopic (exact) mass is 1150 g/mol. The van der Waals surface area contributed by atoms with E-state index in [0.29, 0.717) is 0 Å². The molecule has 0 aromatic heterocycles. The second kappa shape index (κ2) is 24.4. The molecule has 0 radical (unpaired) electrons. The molecule has 0 unspecified atom stereocenters. The van der Waals surface area contributed by atoms with Gasteiger partial charge >= 0.3 is 16.8 Å². The van der Waals surface area contributed by atoms with E-state index in [-0.39, 0.29) is 43.3 Å². The Kier molecular flexibility index (Phi) is 19.8. The Labute approximate surface area is 503 Å². The summed E-state index contributed by atoms with van der Waals surface area (Å²) in [5.41, 5.74) is 15.6. The van der Waals surface area contributed by atoms with E-state index in [4.69, 9.17) is 18.1 Å². The fraction of sp³-hybridized carbons (Fsp3) is 0.526. The molecule has 0 aliphatic rings. The van der Waals surface area contributed by atoms with E-state index >= 15 is 0 Å². The molecule has 0 saturated heterocycles. The molecule has 0 amide bonds. The second-order valence-corrected chi connectivity index (χ2v) is 34.3. The third kappa shape index (κ3) is 15.6. The highest BCUT2D eigenvalue weighted by atomic mass is 31.2. The molecule has 0 atom stereocenters. The smallest absolute Gasteiger partial charge is 0.326 e. The van der Waals surface area contributed by atoms with Crippen LogP contribution in [-0.4, -0.2) is 0 Å². The molecule has 0 saturated carbocycles. The third-order valence-electron chi connectivity index (χ3n) is 15.9. The Morgan fingerprint density at radius 3 is 0.512 bits per heavy atom. The van der Waals surface area contributed by atoms with Crippen LogP contribution in [0.25, 0.3) is 11.1 Å². The zero-order valence-corrected chi connectivity index (χ0v) is 58.4. The lowest BCUT2D eigenvalue weighted by molar-refractivity contribution is 0.441. The van der Waals surface area contributed by atoms with Crippen LogP contribution in [0.3, 0.4) is 0 Å². The largest absolute Gasteiger partial charge is 0.435 e. The highest BCUT2D eigenvalue weighted by Gasteiger charge is 2.37. The lowest BCUT2D eigenvalue weighted by Crippen LogP contribution is -2.23. The van der Waals surface area contributed by atoms with Crippen LogP contribution in [0.1, 0.15) is 261 Å². The van der Waals surface area contributed by atoms with Crippen LogP contribution in [-0.2, 0) is 69.0 Å². The van der Waals surface area contributed by atoms with Gasteiger partial charge in [-0.3, -0.25) is 0 Å². The van der Waals surface area contributed by atoms with Gasteiger partial charge in [-0.05, 0) is 127 Å². The molecule has 0 spiro atoms. The highest BCUT2D eigenvalue weighted by Crippen LogP contribution is 2.54. The maximum absolute atomic E-state index is 7.66. The Balaban J connectivity index is 1.56. The third-order valence-corrected chi connectivity index (χ3v) is 18.7. The minimum Gasteiger partial charge on any atom is -0.435 e. The van der Waals surface area contributed by atoms with Crippen LogP contribution in [0.5, 0.6) is 23.0 Å². The molecule has 0 N–H and O–H groups in total. The fourth-order valence-corrected chi connectivity index (χ4v) is 13.3. The Hall–Kier alpha value is -4.62. The minimum atomic E-state index is -1.72. The summed E-state index contributed by atoms with van der Waals surface area (Å²) in [6.07, 6.45) is 3.78. The van der Waals surface area contributed by atoms with Gasteiger partial charge in [0.25, 0.3) is 0 Å². The predicted molar refractivity (Wildman–Crippen MR) is 360 cm³/mol. The summed E-state index contributed by atoms with van der Waals surface area (Å²) in [5.74, 6) is 3.72. The first-order chi connectivity index (χ1) is 37.5. The van der Waals surface area contributed by atoms with Crippen LogP contribution in [0.2, 0.25) is 0 Å². The average molecular weight is 1150 g/mol. The van der Waals surface area contributed by atoms with Crippen molar-refractivity contribution in [3.8, 4) is 34.1 Å². The van der Waals surface area contributed by atoms with Gasteiger partial charge < -0.3 is 18.1 Å². The van der Waals surface area contributed by atoms with Crippen molar-refractivity contribution < 1.29 is 18.1 Å². The molecule has 6 aromatic rings. The summed E-state index contributed by atoms with van der Waals surface area (Å²) in [6.45, 7) is 64.2. The van der Waals surface area contributed by atoms with Gasteiger partial charge in [0.2, 0.25) is 0 Å². The van der Waals surface area contributed by atoms with E-state index in [9.17, 15) is 0 Å². The van der Waals surface area contributed by atoms with E-state index in [1.54, 1.807) is 0 Å². The van der Waals surface area contributed by atoms with Crippen molar-refractivity contribution in [2.24, 2.45) is 0 Å². The van der Waals surface area contributed by atoms with Crippen LogP contribution in [0, 0.1) is 0 Å². The molecule has 0 heterocycles. The molecule has 4 nitrogen and oxygen atoms in total. The molecule has 6 rings (SSSR count). The second-order valence-electron chi connectivity index (χ2n) is 31.5. The van der Waals surface area contributed by atoms with E-state index in [0.717, 1.165) is 70.4 Å². The maximum Gasteiger partial charge on any atom is 0.326 e. The average Bonchev–Trinajstić information content (AvgIpc) is 3.35. The quantitative estimate of drug-likeness (QED) is 0.0961. The standard InChI is InChI=1S/C76H108O4P2/c1-29-49-41-57(69(5,6)7)65(58(42-49)70(8,9)10)77-81(78-66-59(71(11,12)13)43-50(30-2)44-60(66)72(14,15)16)55-37-33-53(34-38-55)54-35-39-56(40-36-54)82(79-67-61(73(17,18)19)45-51(31-3)46-62(67)74(20,21)22)80-68-63(75(23,24)25)47-52(32-4)48-64(68)76(26,27)28/h33-48H,29-32H2,1-28H3. The summed E-state index contributed by atoms with van der Waals surface area (Å²) in [6, 6.07) is 36.9. The van der Waals surface area contributed by atoms with Crippen molar-refractivity contribution in [1.29, 1.82) is 0 Å². The van der Waals surface area contributed by atoms with Gasteiger partial charge in [0.15, 0.2) is 0 Å². The van der Waals surface area contributed by atoms with Crippen molar-refractivity contribution in [2.45, 2.75) is 263 Å². The molecular weight excluding hydrogens is 1040 g/mol. The Morgan fingerprint density at radius 1 is 0.244 bits per heavy atom. The highest BCUT2D eigenvalue weighted by molar-refractivity contribution is 7.57. The Bertz CT molecular complexity index is 2650. The van der Waals surface area contributed by atoms with Gasteiger partial charge in [-0.1, -0.05) is 267 Å². The topological polar surface area (TPSA) is 36.9 Å². The first-order valence-corrected chi connectivity index (χ1v) is 33.1.